The van der Waals surface area contributed by atoms with Gasteiger partial charge in [-0.1, -0.05) is 0 Å². The van der Waals surface area contributed by atoms with Gasteiger partial charge in [-0.05, 0) is 40.8 Å². The van der Waals surface area contributed by atoms with Gasteiger partial charge in [-0.25, -0.2) is 9.97 Å². The summed E-state index contributed by atoms with van der Waals surface area (Å²) in [5.74, 6) is 2.17. The molecule has 0 bridgehead atoms. The average Bonchev–Trinajstić information content (AvgIpc) is 2.55. The Morgan fingerprint density at radius 1 is 1.09 bits per heavy atom. The highest BCUT2D eigenvalue weighted by Crippen LogP contribution is 2.31. The highest BCUT2D eigenvalue weighted by atomic mass is 127. The van der Waals surface area contributed by atoms with Crippen molar-refractivity contribution in [3.05, 3.63) is 40.1 Å². The molecule has 0 saturated carbocycles. The molecule has 1 heterocycles. The van der Waals surface area contributed by atoms with E-state index < -0.39 is 0 Å². The molecule has 112 valence electrons. The van der Waals surface area contributed by atoms with Crippen molar-refractivity contribution in [3.63, 3.8) is 0 Å². The highest BCUT2D eigenvalue weighted by Gasteiger charge is 2.10. The lowest BCUT2D eigenvalue weighted by Gasteiger charge is -2.09. The monoisotopic (exact) mass is 408 g/mol. The van der Waals surface area contributed by atoms with E-state index in [9.17, 15) is 5.11 Å². The first-order valence-electron chi connectivity index (χ1n) is 6.50. The van der Waals surface area contributed by atoms with Gasteiger partial charge in [-0.3, -0.25) is 0 Å². The van der Waals surface area contributed by atoms with Gasteiger partial charge in [0.05, 0.1) is 28.7 Å². The molecule has 0 saturated heterocycles. The smallest absolute Gasteiger partial charge is 0.159 e. The first-order valence-corrected chi connectivity index (χ1v) is 7.58. The number of phenols is 1. The van der Waals surface area contributed by atoms with Crippen molar-refractivity contribution in [2.24, 2.45) is 0 Å². The SMILES string of the molecule is COc1cc(OC)c2cnc(-c3ccc(O)c(I)c3)nc2c1. The summed E-state index contributed by atoms with van der Waals surface area (Å²) < 4.78 is 11.4. The van der Waals surface area contributed by atoms with E-state index in [0.717, 1.165) is 20.0 Å². The second-order valence-corrected chi connectivity index (χ2v) is 5.78. The van der Waals surface area contributed by atoms with Crippen molar-refractivity contribution in [2.45, 2.75) is 0 Å². The fourth-order valence-corrected chi connectivity index (χ4v) is 2.67. The standard InChI is InChI=1S/C16H13IN2O3/c1-21-10-6-13-11(15(7-10)22-2)8-18-16(19-13)9-3-4-14(20)12(17)5-9/h3-8,20H,1-2H3. The second kappa shape index (κ2) is 5.96. The predicted molar refractivity (Wildman–Crippen MR) is 92.5 cm³/mol. The number of hydrogen-bond donors (Lipinski definition) is 1. The molecule has 3 rings (SSSR count). The van der Waals surface area contributed by atoms with Crippen LogP contribution in [0.15, 0.2) is 36.5 Å². The number of ether oxygens (including phenoxy) is 2. The van der Waals surface area contributed by atoms with Crippen LogP contribution in [0.25, 0.3) is 22.3 Å². The van der Waals surface area contributed by atoms with Crippen LogP contribution >= 0.6 is 22.6 Å². The Balaban J connectivity index is 2.18. The maximum Gasteiger partial charge on any atom is 0.159 e. The number of hydrogen-bond acceptors (Lipinski definition) is 5. The van der Waals surface area contributed by atoms with Gasteiger partial charge < -0.3 is 14.6 Å². The Bertz CT molecular complexity index is 852. The van der Waals surface area contributed by atoms with Crippen molar-refractivity contribution in [3.8, 4) is 28.6 Å². The molecule has 5 nitrogen and oxygen atoms in total. The van der Waals surface area contributed by atoms with E-state index >= 15 is 0 Å². The maximum atomic E-state index is 9.62. The number of aromatic hydroxyl groups is 1. The van der Waals surface area contributed by atoms with Gasteiger partial charge in [0.2, 0.25) is 0 Å². The van der Waals surface area contributed by atoms with E-state index in [1.807, 2.05) is 12.1 Å². The van der Waals surface area contributed by atoms with Crippen LogP contribution in [0.5, 0.6) is 17.2 Å². The molecule has 0 aliphatic rings. The molecular weight excluding hydrogens is 395 g/mol. The molecule has 3 aromatic rings. The first-order chi connectivity index (χ1) is 10.6. The number of benzene rings is 2. The van der Waals surface area contributed by atoms with E-state index in [2.05, 4.69) is 32.6 Å². The fraction of sp³-hybridized carbons (Fsp3) is 0.125. The Labute approximate surface area is 141 Å². The van der Waals surface area contributed by atoms with Crippen LogP contribution in [0.1, 0.15) is 0 Å². The van der Waals surface area contributed by atoms with Crippen LogP contribution in [0.2, 0.25) is 0 Å². The molecule has 0 radical (unpaired) electrons. The molecule has 0 aliphatic carbocycles. The van der Waals surface area contributed by atoms with Crippen LogP contribution in [0.4, 0.5) is 0 Å². The molecule has 0 fully saturated rings. The maximum absolute atomic E-state index is 9.62. The Morgan fingerprint density at radius 2 is 1.91 bits per heavy atom. The molecule has 0 unspecified atom stereocenters. The number of phenolic OH excluding ortho intramolecular Hbond substituents is 1. The predicted octanol–water partition coefficient (Wildman–Crippen LogP) is 3.62. The van der Waals surface area contributed by atoms with Crippen molar-refractivity contribution < 1.29 is 14.6 Å². The third-order valence-electron chi connectivity index (χ3n) is 3.30. The number of nitrogens with zero attached hydrogens (tertiary/aromatic N) is 2. The summed E-state index contributed by atoms with van der Waals surface area (Å²) >= 11 is 2.07. The molecular formula is C16H13IN2O3. The number of methoxy groups -OCH3 is 2. The summed E-state index contributed by atoms with van der Waals surface area (Å²) in [7, 11) is 3.20. The van der Waals surface area contributed by atoms with Gasteiger partial charge in [0, 0.05) is 23.9 Å². The zero-order valence-corrected chi connectivity index (χ0v) is 14.2. The Hall–Kier alpha value is -2.09. The molecule has 2 aromatic carbocycles. The van der Waals surface area contributed by atoms with Crippen molar-refractivity contribution in [1.29, 1.82) is 0 Å². The van der Waals surface area contributed by atoms with Gasteiger partial charge in [0.1, 0.15) is 17.2 Å². The van der Waals surface area contributed by atoms with E-state index in [4.69, 9.17) is 9.47 Å². The van der Waals surface area contributed by atoms with E-state index in [1.165, 1.54) is 0 Å². The normalized spacial score (nSPS) is 10.7. The van der Waals surface area contributed by atoms with Gasteiger partial charge in [0.25, 0.3) is 0 Å². The molecule has 22 heavy (non-hydrogen) atoms. The summed E-state index contributed by atoms with van der Waals surface area (Å²) in [6, 6.07) is 8.91. The Kier molecular flexibility index (Phi) is 4.02. The minimum Gasteiger partial charge on any atom is -0.507 e. The van der Waals surface area contributed by atoms with Gasteiger partial charge in [-0.15, -0.1) is 0 Å². The van der Waals surface area contributed by atoms with Crippen LogP contribution in [0, 0.1) is 3.57 Å². The quantitative estimate of drug-likeness (QED) is 0.671. The lowest BCUT2D eigenvalue weighted by molar-refractivity contribution is 0.397. The third kappa shape index (κ3) is 2.66. The molecule has 1 N–H and O–H groups in total. The van der Waals surface area contributed by atoms with Crippen LogP contribution in [-0.4, -0.2) is 29.3 Å². The van der Waals surface area contributed by atoms with E-state index in [-0.39, 0.29) is 5.75 Å². The zero-order valence-electron chi connectivity index (χ0n) is 12.0. The van der Waals surface area contributed by atoms with E-state index in [0.29, 0.717) is 17.3 Å². The molecule has 0 atom stereocenters. The third-order valence-corrected chi connectivity index (χ3v) is 4.16. The minimum absolute atomic E-state index is 0.244. The van der Waals surface area contributed by atoms with Gasteiger partial charge in [0.15, 0.2) is 5.82 Å². The summed E-state index contributed by atoms with van der Waals surface area (Å²) in [6.45, 7) is 0. The number of rotatable bonds is 3. The largest absolute Gasteiger partial charge is 0.507 e. The van der Waals surface area contributed by atoms with E-state index in [1.54, 1.807) is 38.6 Å². The Morgan fingerprint density at radius 3 is 2.59 bits per heavy atom. The topological polar surface area (TPSA) is 64.5 Å². The van der Waals surface area contributed by atoms with Crippen molar-refractivity contribution in [2.75, 3.05) is 14.2 Å². The minimum atomic E-state index is 0.244. The highest BCUT2D eigenvalue weighted by molar-refractivity contribution is 14.1. The number of halogens is 1. The van der Waals surface area contributed by atoms with Crippen LogP contribution in [0.3, 0.4) is 0 Å². The van der Waals surface area contributed by atoms with Crippen molar-refractivity contribution in [1.82, 2.24) is 9.97 Å². The summed E-state index contributed by atoms with van der Waals surface area (Å²) in [5, 5.41) is 10.4. The summed E-state index contributed by atoms with van der Waals surface area (Å²) in [6.07, 6.45) is 1.73. The molecule has 0 amide bonds. The van der Waals surface area contributed by atoms with Gasteiger partial charge in [-0.2, -0.15) is 0 Å². The fourth-order valence-electron chi connectivity index (χ4n) is 2.15. The first kappa shape index (κ1) is 14.8. The molecule has 1 aromatic heterocycles. The second-order valence-electron chi connectivity index (χ2n) is 4.62. The van der Waals surface area contributed by atoms with Crippen LogP contribution < -0.4 is 9.47 Å². The average molecular weight is 408 g/mol. The zero-order chi connectivity index (χ0) is 15.7. The van der Waals surface area contributed by atoms with Crippen molar-refractivity contribution >= 4 is 33.5 Å². The lowest BCUT2D eigenvalue weighted by Crippen LogP contribution is -1.94. The number of fused-ring (bicyclic) bond motifs is 1. The lowest BCUT2D eigenvalue weighted by atomic mass is 10.1. The molecule has 6 heteroatoms. The van der Waals surface area contributed by atoms with Gasteiger partial charge >= 0.3 is 0 Å². The number of aromatic nitrogens is 2. The summed E-state index contributed by atoms with van der Waals surface area (Å²) in [4.78, 5) is 8.97. The van der Waals surface area contributed by atoms with Crippen LogP contribution in [-0.2, 0) is 0 Å². The molecule has 0 aliphatic heterocycles. The molecule has 0 spiro atoms. The summed E-state index contributed by atoms with van der Waals surface area (Å²) in [5.41, 5.74) is 1.58.